The van der Waals surface area contributed by atoms with Crippen LogP contribution in [0, 0.1) is 5.82 Å². The van der Waals surface area contributed by atoms with E-state index in [-0.39, 0.29) is 18.0 Å². The number of aliphatic hydroxyl groups excluding tert-OH is 1. The van der Waals surface area contributed by atoms with E-state index in [1.165, 1.54) is 25.3 Å². The van der Waals surface area contributed by atoms with Gasteiger partial charge >= 0.3 is 0 Å². The Kier molecular flexibility index (Phi) is 2.89. The van der Waals surface area contributed by atoms with Crippen molar-refractivity contribution in [3.05, 3.63) is 35.1 Å². The fourth-order valence-corrected chi connectivity index (χ4v) is 3.21. The second kappa shape index (κ2) is 4.39. The summed E-state index contributed by atoms with van der Waals surface area (Å²) in [5.41, 5.74) is 2.11. The van der Waals surface area contributed by atoms with Crippen molar-refractivity contribution in [2.45, 2.75) is 37.8 Å². The van der Waals surface area contributed by atoms with Gasteiger partial charge in [0, 0.05) is 6.42 Å². The molecule has 0 saturated carbocycles. The average Bonchev–Trinajstić information content (AvgIpc) is 2.65. The lowest BCUT2D eigenvalue weighted by atomic mass is 10.0. The lowest BCUT2D eigenvalue weighted by Gasteiger charge is -2.34. The van der Waals surface area contributed by atoms with Gasteiger partial charge in [-0.1, -0.05) is 12.5 Å². The van der Waals surface area contributed by atoms with Crippen LogP contribution >= 0.6 is 0 Å². The van der Waals surface area contributed by atoms with Crippen LogP contribution in [0.3, 0.4) is 0 Å². The minimum atomic E-state index is -0.370. The molecule has 3 rings (SSSR count). The number of hydrogen-bond donors (Lipinski definition) is 1. The van der Waals surface area contributed by atoms with E-state index in [2.05, 4.69) is 4.90 Å². The molecule has 0 radical (unpaired) electrons. The summed E-state index contributed by atoms with van der Waals surface area (Å²) < 4.78 is 13.3. The molecule has 2 aliphatic rings. The van der Waals surface area contributed by atoms with E-state index in [1.807, 2.05) is 6.07 Å². The SMILES string of the molecule is O[C@@H]1Cc2ccc(F)cc2[C@H]1N1CCCCC1. The van der Waals surface area contributed by atoms with Gasteiger partial charge in [-0.2, -0.15) is 0 Å². The quantitative estimate of drug-likeness (QED) is 0.807. The molecular weight excluding hydrogens is 217 g/mol. The van der Waals surface area contributed by atoms with Crippen molar-refractivity contribution in [1.82, 2.24) is 4.90 Å². The number of hydrogen-bond acceptors (Lipinski definition) is 2. The summed E-state index contributed by atoms with van der Waals surface area (Å²) in [4.78, 5) is 2.32. The van der Waals surface area contributed by atoms with E-state index >= 15 is 0 Å². The summed E-state index contributed by atoms with van der Waals surface area (Å²) in [5.74, 6) is -0.195. The maximum atomic E-state index is 13.3. The molecule has 0 unspecified atom stereocenters. The molecule has 1 aromatic rings. The van der Waals surface area contributed by atoms with Gasteiger partial charge in [-0.15, -0.1) is 0 Å². The Morgan fingerprint density at radius 1 is 1.18 bits per heavy atom. The summed E-state index contributed by atoms with van der Waals surface area (Å²) in [6, 6.07) is 4.92. The van der Waals surface area contributed by atoms with Crippen molar-refractivity contribution in [3.8, 4) is 0 Å². The van der Waals surface area contributed by atoms with Crippen molar-refractivity contribution >= 4 is 0 Å². The molecule has 1 aliphatic heterocycles. The Morgan fingerprint density at radius 3 is 2.71 bits per heavy atom. The highest BCUT2D eigenvalue weighted by molar-refractivity contribution is 5.37. The number of nitrogens with zero attached hydrogens (tertiary/aromatic N) is 1. The third kappa shape index (κ3) is 1.98. The van der Waals surface area contributed by atoms with Gasteiger partial charge in [0.2, 0.25) is 0 Å². The van der Waals surface area contributed by atoms with E-state index in [4.69, 9.17) is 0 Å². The second-order valence-electron chi connectivity index (χ2n) is 5.16. The van der Waals surface area contributed by atoms with E-state index < -0.39 is 0 Å². The highest BCUT2D eigenvalue weighted by atomic mass is 19.1. The van der Waals surface area contributed by atoms with Crippen LogP contribution in [0.4, 0.5) is 4.39 Å². The van der Waals surface area contributed by atoms with Crippen molar-refractivity contribution in [3.63, 3.8) is 0 Å². The number of aliphatic hydroxyl groups is 1. The van der Waals surface area contributed by atoms with Crippen molar-refractivity contribution in [1.29, 1.82) is 0 Å². The summed E-state index contributed by atoms with van der Waals surface area (Å²) in [7, 11) is 0. The molecule has 2 atom stereocenters. The number of piperidine rings is 1. The standard InChI is InChI=1S/C14H18FNO/c15-11-5-4-10-8-13(17)14(12(10)9-11)16-6-2-1-3-7-16/h4-5,9,13-14,17H,1-3,6-8H2/t13-,14-/m1/s1. The van der Waals surface area contributed by atoms with Gasteiger partial charge in [0.15, 0.2) is 0 Å². The molecule has 0 amide bonds. The number of rotatable bonds is 1. The largest absolute Gasteiger partial charge is 0.391 e. The van der Waals surface area contributed by atoms with E-state index in [0.717, 1.165) is 24.2 Å². The molecule has 1 aliphatic carbocycles. The van der Waals surface area contributed by atoms with Gasteiger partial charge < -0.3 is 5.11 Å². The minimum Gasteiger partial charge on any atom is -0.391 e. The number of halogens is 1. The third-order valence-corrected chi connectivity index (χ3v) is 4.00. The van der Waals surface area contributed by atoms with Crippen molar-refractivity contribution < 1.29 is 9.50 Å². The molecule has 1 N–H and O–H groups in total. The molecular formula is C14H18FNO. The number of fused-ring (bicyclic) bond motifs is 1. The van der Waals surface area contributed by atoms with Gasteiger partial charge in [-0.3, -0.25) is 4.90 Å². The number of benzene rings is 1. The molecule has 17 heavy (non-hydrogen) atoms. The molecule has 0 aromatic heterocycles. The molecule has 92 valence electrons. The van der Waals surface area contributed by atoms with Crippen molar-refractivity contribution in [2.75, 3.05) is 13.1 Å². The van der Waals surface area contributed by atoms with Crippen LogP contribution in [0.1, 0.15) is 36.4 Å². The Hall–Kier alpha value is -0.930. The van der Waals surface area contributed by atoms with Gasteiger partial charge in [0.25, 0.3) is 0 Å². The van der Waals surface area contributed by atoms with Crippen LogP contribution in [-0.4, -0.2) is 29.2 Å². The smallest absolute Gasteiger partial charge is 0.123 e. The molecule has 1 heterocycles. The first-order valence-electron chi connectivity index (χ1n) is 6.46. The fraction of sp³-hybridized carbons (Fsp3) is 0.571. The number of likely N-dealkylation sites (tertiary alicyclic amines) is 1. The van der Waals surface area contributed by atoms with E-state index in [1.54, 1.807) is 6.07 Å². The molecule has 1 saturated heterocycles. The monoisotopic (exact) mass is 235 g/mol. The zero-order valence-corrected chi connectivity index (χ0v) is 9.90. The highest BCUT2D eigenvalue weighted by Gasteiger charge is 2.35. The summed E-state index contributed by atoms with van der Waals surface area (Å²) in [6.45, 7) is 2.05. The topological polar surface area (TPSA) is 23.5 Å². The van der Waals surface area contributed by atoms with E-state index in [0.29, 0.717) is 6.42 Å². The lowest BCUT2D eigenvalue weighted by molar-refractivity contribution is 0.0495. The first-order valence-corrected chi connectivity index (χ1v) is 6.46. The van der Waals surface area contributed by atoms with E-state index in [9.17, 15) is 9.50 Å². The van der Waals surface area contributed by atoms with Gasteiger partial charge in [0.1, 0.15) is 5.82 Å². The van der Waals surface area contributed by atoms with Crippen LogP contribution in [0.15, 0.2) is 18.2 Å². The average molecular weight is 235 g/mol. The summed E-state index contributed by atoms with van der Waals surface area (Å²) >= 11 is 0. The summed E-state index contributed by atoms with van der Waals surface area (Å²) in [6.07, 6.45) is 3.94. The minimum absolute atomic E-state index is 0.0148. The molecule has 2 nitrogen and oxygen atoms in total. The maximum Gasteiger partial charge on any atom is 0.123 e. The lowest BCUT2D eigenvalue weighted by Crippen LogP contribution is -2.37. The predicted molar refractivity (Wildman–Crippen MR) is 64.3 cm³/mol. The van der Waals surface area contributed by atoms with Crippen molar-refractivity contribution in [2.24, 2.45) is 0 Å². The van der Waals surface area contributed by atoms with Gasteiger partial charge in [0.05, 0.1) is 12.1 Å². The van der Waals surface area contributed by atoms with Crippen LogP contribution in [0.5, 0.6) is 0 Å². The maximum absolute atomic E-state index is 13.3. The van der Waals surface area contributed by atoms with Gasteiger partial charge in [-0.05, 0) is 49.2 Å². The van der Waals surface area contributed by atoms with Gasteiger partial charge in [-0.25, -0.2) is 4.39 Å². The Morgan fingerprint density at radius 2 is 1.94 bits per heavy atom. The van der Waals surface area contributed by atoms with Crippen LogP contribution in [-0.2, 0) is 6.42 Å². The zero-order valence-electron chi connectivity index (χ0n) is 9.90. The first-order chi connectivity index (χ1) is 8.25. The second-order valence-corrected chi connectivity index (χ2v) is 5.16. The third-order valence-electron chi connectivity index (χ3n) is 4.00. The molecule has 0 spiro atoms. The predicted octanol–water partition coefficient (Wildman–Crippen LogP) is 2.27. The normalized spacial score (nSPS) is 29.3. The first kappa shape index (κ1) is 11.2. The molecule has 0 bridgehead atoms. The fourth-order valence-electron chi connectivity index (χ4n) is 3.21. The Bertz CT molecular complexity index is 415. The van der Waals surface area contributed by atoms with Crippen LogP contribution in [0.25, 0.3) is 0 Å². The molecule has 1 aromatic carbocycles. The molecule has 1 fully saturated rings. The van der Waals surface area contributed by atoms with Crippen LogP contribution < -0.4 is 0 Å². The zero-order chi connectivity index (χ0) is 11.8. The highest BCUT2D eigenvalue weighted by Crippen LogP contribution is 2.37. The summed E-state index contributed by atoms with van der Waals surface area (Å²) in [5, 5.41) is 10.2. The Labute approximate surface area is 101 Å². The molecule has 3 heteroatoms. The van der Waals surface area contributed by atoms with Crippen LogP contribution in [0.2, 0.25) is 0 Å². The Balaban J connectivity index is 1.92.